The average molecular weight is 336 g/mol. The van der Waals surface area contributed by atoms with Crippen molar-refractivity contribution in [3.63, 3.8) is 0 Å². The van der Waals surface area contributed by atoms with Crippen LogP contribution in [0.4, 0.5) is 19.1 Å². The Morgan fingerprint density at radius 2 is 1.86 bits per heavy atom. The Labute approximate surface area is 126 Å². The highest BCUT2D eigenvalue weighted by atomic mass is 35.5. The van der Waals surface area contributed by atoms with Crippen molar-refractivity contribution in [1.82, 2.24) is 19.9 Å². The lowest BCUT2D eigenvalue weighted by molar-refractivity contribution is -0.137. The van der Waals surface area contributed by atoms with E-state index in [2.05, 4.69) is 19.9 Å². The van der Waals surface area contributed by atoms with E-state index in [4.69, 9.17) is 11.6 Å². The van der Waals surface area contributed by atoms with Crippen LogP contribution in [0.5, 0.6) is 0 Å². The third-order valence-electron chi connectivity index (χ3n) is 2.95. The summed E-state index contributed by atoms with van der Waals surface area (Å²) in [5.41, 5.74) is 0. The first-order valence-corrected chi connectivity index (χ1v) is 7.33. The highest BCUT2D eigenvalue weighted by Crippen LogP contribution is 2.35. The number of nitrogens with zero attached hydrogens (tertiary/aromatic N) is 5. The smallest absolute Gasteiger partial charge is 0.341 e. The Bertz CT molecular complexity index is 654. The monoisotopic (exact) mass is 335 g/mol. The van der Waals surface area contributed by atoms with Crippen LogP contribution in [0.1, 0.15) is 17.8 Å². The zero-order chi connectivity index (χ0) is 15.0. The van der Waals surface area contributed by atoms with E-state index in [1.165, 1.54) is 0 Å². The van der Waals surface area contributed by atoms with Crippen LogP contribution in [0.3, 0.4) is 0 Å². The van der Waals surface area contributed by atoms with Gasteiger partial charge >= 0.3 is 6.18 Å². The fourth-order valence-electron chi connectivity index (χ4n) is 2.02. The van der Waals surface area contributed by atoms with Crippen molar-refractivity contribution in [2.45, 2.75) is 19.0 Å². The Kier molecular flexibility index (Phi) is 3.70. The molecule has 0 saturated carbocycles. The first kappa shape index (κ1) is 14.5. The third-order valence-corrected chi connectivity index (χ3v) is 4.16. The number of rotatable bonds is 2. The van der Waals surface area contributed by atoms with Crippen LogP contribution in [0, 0.1) is 0 Å². The van der Waals surface area contributed by atoms with Crippen LogP contribution >= 0.6 is 22.9 Å². The summed E-state index contributed by atoms with van der Waals surface area (Å²) < 4.78 is 37.7. The lowest BCUT2D eigenvalue weighted by Gasteiger charge is -2.15. The lowest BCUT2D eigenvalue weighted by Crippen LogP contribution is -2.21. The second-order valence-corrected chi connectivity index (χ2v) is 5.82. The van der Waals surface area contributed by atoms with Gasteiger partial charge < -0.3 is 4.90 Å². The summed E-state index contributed by atoms with van der Waals surface area (Å²) in [5.74, 6) is 0.509. The van der Waals surface area contributed by atoms with E-state index in [1.54, 1.807) is 0 Å². The van der Waals surface area contributed by atoms with Crippen molar-refractivity contribution in [1.29, 1.82) is 0 Å². The van der Waals surface area contributed by atoms with Gasteiger partial charge in [0.25, 0.3) is 0 Å². The largest absolute Gasteiger partial charge is 0.443 e. The van der Waals surface area contributed by atoms with Gasteiger partial charge in [0.2, 0.25) is 11.2 Å². The summed E-state index contributed by atoms with van der Waals surface area (Å²) in [6, 6.07) is 0. The fraction of sp³-hybridized carbons (Fsp3) is 0.455. The van der Waals surface area contributed by atoms with Crippen LogP contribution in [0.15, 0.2) is 6.20 Å². The van der Waals surface area contributed by atoms with E-state index >= 15 is 0 Å². The van der Waals surface area contributed by atoms with E-state index < -0.39 is 11.2 Å². The molecule has 1 aliphatic rings. The van der Waals surface area contributed by atoms with Gasteiger partial charge in [0.1, 0.15) is 0 Å². The molecule has 0 radical (unpaired) electrons. The zero-order valence-corrected chi connectivity index (χ0v) is 12.1. The second-order valence-electron chi connectivity index (χ2n) is 4.45. The van der Waals surface area contributed by atoms with E-state index in [0.29, 0.717) is 17.3 Å². The zero-order valence-electron chi connectivity index (χ0n) is 10.6. The lowest BCUT2D eigenvalue weighted by atomic mass is 10.4. The molecule has 0 N–H and O–H groups in total. The minimum absolute atomic E-state index is 0.0381. The van der Waals surface area contributed by atoms with E-state index in [0.717, 1.165) is 32.1 Å². The van der Waals surface area contributed by atoms with Crippen LogP contribution in [-0.4, -0.2) is 33.0 Å². The van der Waals surface area contributed by atoms with Crippen LogP contribution < -0.4 is 4.90 Å². The third kappa shape index (κ3) is 3.08. The molecule has 0 bridgehead atoms. The predicted octanol–water partition coefficient (Wildman–Crippen LogP) is 3.27. The highest BCUT2D eigenvalue weighted by molar-refractivity contribution is 7.15. The molecule has 1 saturated heterocycles. The van der Waals surface area contributed by atoms with Gasteiger partial charge in [-0.05, 0) is 24.4 Å². The van der Waals surface area contributed by atoms with Gasteiger partial charge in [0.15, 0.2) is 10.8 Å². The van der Waals surface area contributed by atoms with Gasteiger partial charge in [0.05, 0.1) is 4.88 Å². The molecular weight excluding hydrogens is 327 g/mol. The highest BCUT2D eigenvalue weighted by Gasteiger charge is 2.35. The summed E-state index contributed by atoms with van der Waals surface area (Å²) in [6.07, 6.45) is -1.32. The SMILES string of the molecule is FC(F)(F)c1ncc(-c2nc(Cl)nc(N3CCCC3)n2)s1. The molecule has 3 heterocycles. The van der Waals surface area contributed by atoms with Crippen LogP contribution in [0.2, 0.25) is 5.28 Å². The fourth-order valence-corrected chi connectivity index (χ4v) is 2.89. The number of hydrogen-bond donors (Lipinski definition) is 0. The molecule has 0 aromatic carbocycles. The van der Waals surface area contributed by atoms with Crippen molar-refractivity contribution >= 4 is 28.9 Å². The van der Waals surface area contributed by atoms with Gasteiger partial charge in [-0.1, -0.05) is 0 Å². The van der Waals surface area contributed by atoms with Gasteiger partial charge in [-0.3, -0.25) is 0 Å². The summed E-state index contributed by atoms with van der Waals surface area (Å²) in [6.45, 7) is 1.60. The van der Waals surface area contributed by atoms with Crippen molar-refractivity contribution in [3.8, 4) is 10.7 Å². The van der Waals surface area contributed by atoms with Crippen molar-refractivity contribution < 1.29 is 13.2 Å². The van der Waals surface area contributed by atoms with Gasteiger partial charge in [0, 0.05) is 19.3 Å². The molecule has 3 rings (SSSR count). The van der Waals surface area contributed by atoms with E-state index in [-0.39, 0.29) is 16.0 Å². The molecule has 10 heteroatoms. The van der Waals surface area contributed by atoms with Gasteiger partial charge in [-0.15, -0.1) is 11.3 Å². The van der Waals surface area contributed by atoms with Crippen molar-refractivity contribution in [2.75, 3.05) is 18.0 Å². The number of hydrogen-bond acceptors (Lipinski definition) is 6. The molecule has 0 atom stereocenters. The molecule has 1 fully saturated rings. The molecule has 1 aliphatic heterocycles. The maximum atomic E-state index is 12.6. The number of aromatic nitrogens is 4. The molecular formula is C11H9ClF3N5S. The Hall–Kier alpha value is -1.48. The molecule has 21 heavy (non-hydrogen) atoms. The maximum absolute atomic E-state index is 12.6. The summed E-state index contributed by atoms with van der Waals surface area (Å²) in [4.78, 5) is 17.6. The second kappa shape index (κ2) is 5.38. The first-order valence-electron chi connectivity index (χ1n) is 6.13. The molecule has 0 aliphatic carbocycles. The standard InChI is InChI=1S/C11H9ClF3N5S/c12-9-17-7(6-5-16-8(21-6)11(13,14)15)18-10(19-9)20-3-1-2-4-20/h5H,1-4H2. The Balaban J connectivity index is 1.96. The number of alkyl halides is 3. The average Bonchev–Trinajstić information content (AvgIpc) is 3.09. The number of halogens is 4. The minimum Gasteiger partial charge on any atom is -0.341 e. The van der Waals surface area contributed by atoms with Gasteiger partial charge in [-0.2, -0.15) is 28.1 Å². The molecule has 0 amide bonds. The molecule has 2 aromatic heterocycles. The van der Waals surface area contributed by atoms with Crippen LogP contribution in [0.25, 0.3) is 10.7 Å². The van der Waals surface area contributed by atoms with Gasteiger partial charge in [-0.25, -0.2) is 4.98 Å². The van der Waals surface area contributed by atoms with Crippen molar-refractivity contribution in [2.24, 2.45) is 0 Å². The predicted molar refractivity (Wildman–Crippen MR) is 72.4 cm³/mol. The Morgan fingerprint density at radius 1 is 1.14 bits per heavy atom. The van der Waals surface area contributed by atoms with E-state index in [1.807, 2.05) is 4.90 Å². The summed E-state index contributed by atoms with van der Waals surface area (Å²) >= 11 is 6.33. The molecule has 0 unspecified atom stereocenters. The van der Waals surface area contributed by atoms with Crippen LogP contribution in [-0.2, 0) is 6.18 Å². The Morgan fingerprint density at radius 3 is 2.48 bits per heavy atom. The van der Waals surface area contributed by atoms with Crippen molar-refractivity contribution in [3.05, 3.63) is 16.5 Å². The molecule has 0 spiro atoms. The topological polar surface area (TPSA) is 54.8 Å². The molecule has 2 aromatic rings. The summed E-state index contributed by atoms with van der Waals surface area (Å²) in [5, 5.41) is -0.972. The first-order chi connectivity index (χ1) is 9.93. The number of anilines is 1. The molecule has 112 valence electrons. The normalized spacial score (nSPS) is 15.7. The minimum atomic E-state index is -4.47. The molecule has 5 nitrogen and oxygen atoms in total. The summed E-state index contributed by atoms with van der Waals surface area (Å²) in [7, 11) is 0. The van der Waals surface area contributed by atoms with E-state index in [9.17, 15) is 13.2 Å². The number of thiazole rings is 1. The maximum Gasteiger partial charge on any atom is 0.443 e. The quantitative estimate of drug-likeness (QED) is 0.843.